The van der Waals surface area contributed by atoms with E-state index in [4.69, 9.17) is 9.47 Å². The molecule has 0 saturated carbocycles. The number of nitrogens with zero attached hydrogens (tertiary/aromatic N) is 1. The fourth-order valence-electron chi connectivity index (χ4n) is 6.43. The normalized spacial score (nSPS) is 17.9. The Hall–Kier alpha value is -4.20. The summed E-state index contributed by atoms with van der Waals surface area (Å²) >= 11 is 0. The van der Waals surface area contributed by atoms with Crippen LogP contribution < -0.4 is 20.8 Å². The van der Waals surface area contributed by atoms with E-state index < -0.39 is 17.2 Å². The number of fused-ring (bicyclic) bond motifs is 8. The van der Waals surface area contributed by atoms with Crippen molar-refractivity contribution in [2.24, 2.45) is 0 Å². The van der Waals surface area contributed by atoms with Crippen LogP contribution in [0.2, 0.25) is 0 Å². The maximum Gasteiger partial charge on any atom is 0.426 e. The van der Waals surface area contributed by atoms with Gasteiger partial charge in [-0.25, -0.2) is 15.2 Å². The van der Waals surface area contributed by atoms with Gasteiger partial charge in [0.15, 0.2) is 0 Å². The zero-order valence-corrected chi connectivity index (χ0v) is 22.4. The molecular weight excluding hydrogens is 492 g/mol. The van der Waals surface area contributed by atoms with Crippen LogP contribution in [0.25, 0.3) is 0 Å². The van der Waals surface area contributed by atoms with Gasteiger partial charge in [-0.3, -0.25) is 4.79 Å². The number of carbonyl (C=O) groups is 2. The number of nitrogens with one attached hydrogen (secondary N) is 3. The molecular formula is C31H32N4O4. The quantitative estimate of drug-likeness (QED) is 0.379. The third-order valence-corrected chi connectivity index (χ3v) is 7.97. The lowest BCUT2D eigenvalue weighted by Gasteiger charge is -2.44. The molecule has 2 amide bonds. The molecule has 3 N–H and O–H groups in total. The second kappa shape index (κ2) is 8.40. The SMILES string of the molecule is CC(C)(C)OC(=O)NN1C(=O)c2ccccc2C12c1cc3c(cc1Oc1cc4c(cc12)CCCN4)NCCC3. The van der Waals surface area contributed by atoms with E-state index in [9.17, 15) is 9.59 Å². The van der Waals surface area contributed by atoms with Crippen molar-refractivity contribution in [1.82, 2.24) is 10.4 Å². The van der Waals surface area contributed by atoms with Crippen molar-refractivity contribution in [1.29, 1.82) is 0 Å². The van der Waals surface area contributed by atoms with Crippen molar-refractivity contribution in [3.05, 3.63) is 81.9 Å². The van der Waals surface area contributed by atoms with E-state index in [0.717, 1.165) is 66.8 Å². The van der Waals surface area contributed by atoms with Crippen LogP contribution >= 0.6 is 0 Å². The maximum absolute atomic E-state index is 14.2. The van der Waals surface area contributed by atoms with Gasteiger partial charge >= 0.3 is 6.09 Å². The second-order valence-corrected chi connectivity index (χ2v) is 11.7. The predicted octanol–water partition coefficient (Wildman–Crippen LogP) is 5.70. The Bertz CT molecular complexity index is 1470. The number of hydrogen-bond donors (Lipinski definition) is 3. The van der Waals surface area contributed by atoms with Crippen molar-refractivity contribution in [2.45, 2.75) is 57.6 Å². The average molecular weight is 525 g/mol. The first-order valence-electron chi connectivity index (χ1n) is 13.7. The minimum Gasteiger partial charge on any atom is -0.456 e. The number of ether oxygens (including phenoxy) is 2. The summed E-state index contributed by atoms with van der Waals surface area (Å²) in [5.74, 6) is 1.03. The number of hydrazine groups is 1. The summed E-state index contributed by atoms with van der Waals surface area (Å²) in [5, 5.41) is 8.47. The molecule has 0 fully saturated rings. The lowest BCUT2D eigenvalue weighted by Crippen LogP contribution is -2.56. The number of anilines is 2. The van der Waals surface area contributed by atoms with E-state index >= 15 is 0 Å². The number of carbonyl (C=O) groups excluding carboxylic acids is 2. The highest BCUT2D eigenvalue weighted by Gasteiger charge is 2.58. The first-order valence-corrected chi connectivity index (χ1v) is 13.7. The largest absolute Gasteiger partial charge is 0.456 e. The minimum atomic E-state index is -1.13. The zero-order chi connectivity index (χ0) is 26.9. The molecule has 0 unspecified atom stereocenters. The Morgan fingerprint density at radius 1 is 0.923 bits per heavy atom. The molecule has 0 aliphatic carbocycles. The van der Waals surface area contributed by atoms with Gasteiger partial charge in [-0.1, -0.05) is 18.2 Å². The Balaban J connectivity index is 1.52. The van der Waals surface area contributed by atoms with E-state index in [1.807, 2.05) is 36.4 Å². The first-order chi connectivity index (χ1) is 18.8. The van der Waals surface area contributed by atoms with Gasteiger partial charge in [0.2, 0.25) is 0 Å². The monoisotopic (exact) mass is 524 g/mol. The molecule has 8 heteroatoms. The minimum absolute atomic E-state index is 0.290. The van der Waals surface area contributed by atoms with Gasteiger partial charge in [0.05, 0.1) is 0 Å². The highest BCUT2D eigenvalue weighted by Crippen LogP contribution is 2.58. The van der Waals surface area contributed by atoms with Crippen LogP contribution in [0.1, 0.15) is 71.8 Å². The molecule has 8 nitrogen and oxygen atoms in total. The first kappa shape index (κ1) is 23.9. The summed E-state index contributed by atoms with van der Waals surface area (Å²) in [7, 11) is 0. The molecule has 0 aromatic heterocycles. The van der Waals surface area contributed by atoms with Gasteiger partial charge in [-0.2, -0.15) is 0 Å². The van der Waals surface area contributed by atoms with Crippen LogP contribution in [0.3, 0.4) is 0 Å². The van der Waals surface area contributed by atoms with Gasteiger partial charge in [0.1, 0.15) is 22.6 Å². The van der Waals surface area contributed by atoms with Gasteiger partial charge in [0.25, 0.3) is 5.91 Å². The maximum atomic E-state index is 14.2. The third kappa shape index (κ3) is 3.57. The molecule has 3 aromatic rings. The molecule has 3 aromatic carbocycles. The molecule has 1 spiro atoms. The van der Waals surface area contributed by atoms with Crippen LogP contribution in [0, 0.1) is 0 Å². The van der Waals surface area contributed by atoms with Crippen molar-refractivity contribution >= 4 is 23.4 Å². The number of benzene rings is 3. The molecule has 4 heterocycles. The summed E-state index contributed by atoms with van der Waals surface area (Å²) in [6.07, 6.45) is 3.19. The Labute approximate surface area is 227 Å². The van der Waals surface area contributed by atoms with Crippen molar-refractivity contribution < 1.29 is 19.1 Å². The second-order valence-electron chi connectivity index (χ2n) is 11.7. The predicted molar refractivity (Wildman–Crippen MR) is 148 cm³/mol. The highest BCUT2D eigenvalue weighted by molar-refractivity contribution is 6.03. The number of hydrogen-bond acceptors (Lipinski definition) is 6. The zero-order valence-electron chi connectivity index (χ0n) is 22.4. The molecule has 200 valence electrons. The average Bonchev–Trinajstić information content (AvgIpc) is 3.14. The molecule has 7 rings (SSSR count). The smallest absolute Gasteiger partial charge is 0.426 e. The van der Waals surface area contributed by atoms with E-state index in [0.29, 0.717) is 17.1 Å². The molecule has 4 aliphatic rings. The summed E-state index contributed by atoms with van der Waals surface area (Å²) in [5.41, 5.74) is 8.43. The van der Waals surface area contributed by atoms with Crippen LogP contribution in [0.5, 0.6) is 11.5 Å². The van der Waals surface area contributed by atoms with Gasteiger partial charge < -0.3 is 20.1 Å². The fraction of sp³-hybridized carbons (Fsp3) is 0.355. The third-order valence-electron chi connectivity index (χ3n) is 7.97. The topological polar surface area (TPSA) is 91.9 Å². The van der Waals surface area contributed by atoms with Crippen molar-refractivity contribution in [2.75, 3.05) is 23.7 Å². The van der Waals surface area contributed by atoms with Crippen molar-refractivity contribution in [3.8, 4) is 11.5 Å². The lowest BCUT2D eigenvalue weighted by molar-refractivity contribution is 0.0181. The molecule has 39 heavy (non-hydrogen) atoms. The van der Waals surface area contributed by atoms with Crippen molar-refractivity contribution in [3.63, 3.8) is 0 Å². The Kier molecular flexibility index (Phi) is 5.14. The summed E-state index contributed by atoms with van der Waals surface area (Å²) in [6, 6.07) is 16.0. The van der Waals surface area contributed by atoms with E-state index in [1.165, 1.54) is 16.1 Å². The van der Waals surface area contributed by atoms with Crippen LogP contribution in [0.4, 0.5) is 16.2 Å². The molecule has 4 aliphatic heterocycles. The molecule has 0 radical (unpaired) electrons. The van der Waals surface area contributed by atoms with Gasteiger partial charge in [-0.15, -0.1) is 0 Å². The molecule has 0 bridgehead atoms. The van der Waals surface area contributed by atoms with Crippen LogP contribution in [0.15, 0.2) is 48.5 Å². The van der Waals surface area contributed by atoms with E-state index in [-0.39, 0.29) is 5.91 Å². The molecule has 0 atom stereocenters. The van der Waals surface area contributed by atoms with E-state index in [1.54, 1.807) is 20.8 Å². The fourth-order valence-corrected chi connectivity index (χ4v) is 6.43. The lowest BCUT2D eigenvalue weighted by atomic mass is 9.73. The number of aryl methyl sites for hydroxylation is 2. The number of rotatable bonds is 1. The Morgan fingerprint density at radius 3 is 2.10 bits per heavy atom. The number of amides is 2. The van der Waals surface area contributed by atoms with Gasteiger partial charge in [0, 0.05) is 58.9 Å². The summed E-state index contributed by atoms with van der Waals surface area (Å²) in [6.45, 7) is 7.22. The highest BCUT2D eigenvalue weighted by atomic mass is 16.6. The van der Waals surface area contributed by atoms with Crippen LogP contribution in [-0.4, -0.2) is 35.7 Å². The summed E-state index contributed by atoms with van der Waals surface area (Å²) < 4.78 is 12.3. The molecule has 0 saturated heterocycles. The van der Waals surface area contributed by atoms with Crippen LogP contribution in [-0.2, 0) is 23.1 Å². The summed E-state index contributed by atoms with van der Waals surface area (Å²) in [4.78, 5) is 27.4. The van der Waals surface area contributed by atoms with Gasteiger partial charge in [-0.05, 0) is 75.8 Å². The van der Waals surface area contributed by atoms with E-state index in [2.05, 4.69) is 28.2 Å². The Morgan fingerprint density at radius 2 is 1.51 bits per heavy atom. The standard InChI is InChI=1S/C31H32N4O4/c1-30(2,3)39-29(37)34-35-28(36)20-10-4-5-11-21(20)31(35)22-14-18-8-6-12-32-24(18)16-26(22)38-27-17-25-19(15-23(27)31)9-7-13-33-25/h4-5,10-11,14-17,32-33H,6-9,12-13H2,1-3H3,(H,34,37).